The van der Waals surface area contributed by atoms with E-state index in [1.54, 1.807) is 19.1 Å². The Bertz CT molecular complexity index is 712. The van der Waals surface area contributed by atoms with Crippen LogP contribution in [0, 0.1) is 6.92 Å². The summed E-state index contributed by atoms with van der Waals surface area (Å²) >= 11 is 0. The molecule has 4 nitrogen and oxygen atoms in total. The van der Waals surface area contributed by atoms with Crippen LogP contribution in [0.2, 0.25) is 0 Å². The molecule has 0 saturated carbocycles. The smallest absolute Gasteiger partial charge is 0.241 e. The van der Waals surface area contributed by atoms with Crippen LogP contribution in [0.5, 0.6) is 0 Å². The molecule has 0 fully saturated rings. The van der Waals surface area contributed by atoms with Gasteiger partial charge in [-0.2, -0.15) is 0 Å². The van der Waals surface area contributed by atoms with Gasteiger partial charge in [-0.15, -0.1) is 0 Å². The zero-order chi connectivity index (χ0) is 15.5. The highest BCUT2D eigenvalue weighted by Crippen LogP contribution is 2.18. The minimum Gasteiger partial charge on any atom is -0.399 e. The van der Waals surface area contributed by atoms with Crippen LogP contribution >= 0.6 is 0 Å². The molecule has 0 bridgehead atoms. The minimum absolute atomic E-state index is 0.196. The van der Waals surface area contributed by atoms with E-state index < -0.39 is 10.0 Å². The second-order valence-corrected chi connectivity index (χ2v) is 6.92. The summed E-state index contributed by atoms with van der Waals surface area (Å²) in [4.78, 5) is 0.238. The number of benzene rings is 2. The Hall–Kier alpha value is -1.85. The first-order valence-corrected chi connectivity index (χ1v) is 8.29. The first-order chi connectivity index (χ1) is 9.88. The average Bonchev–Trinajstić information content (AvgIpc) is 2.41. The highest BCUT2D eigenvalue weighted by Gasteiger charge is 2.19. The predicted octanol–water partition coefficient (Wildman–Crippen LogP) is 2.49. The summed E-state index contributed by atoms with van der Waals surface area (Å²) in [7, 11) is -3.56. The molecule has 2 rings (SSSR count). The molecule has 0 aromatic heterocycles. The Balaban J connectivity index is 2.15. The van der Waals surface area contributed by atoms with Gasteiger partial charge in [-0.05, 0) is 43.5 Å². The van der Waals surface area contributed by atoms with Crippen LogP contribution in [0.4, 0.5) is 5.69 Å². The van der Waals surface area contributed by atoms with Gasteiger partial charge >= 0.3 is 0 Å². The van der Waals surface area contributed by atoms with Crippen molar-refractivity contribution < 1.29 is 8.42 Å². The van der Waals surface area contributed by atoms with E-state index in [-0.39, 0.29) is 10.9 Å². The Morgan fingerprint density at radius 3 is 2.48 bits per heavy atom. The second kappa shape index (κ2) is 6.28. The number of hydrogen-bond donors (Lipinski definition) is 2. The molecular weight excluding hydrogens is 284 g/mol. The Morgan fingerprint density at radius 2 is 1.81 bits per heavy atom. The van der Waals surface area contributed by atoms with Gasteiger partial charge in [0.25, 0.3) is 0 Å². The number of sulfonamides is 1. The molecule has 5 heteroatoms. The van der Waals surface area contributed by atoms with E-state index in [1.807, 2.05) is 37.3 Å². The van der Waals surface area contributed by atoms with Crippen LogP contribution in [0.3, 0.4) is 0 Å². The van der Waals surface area contributed by atoms with Gasteiger partial charge in [0.2, 0.25) is 10.0 Å². The van der Waals surface area contributed by atoms with Gasteiger partial charge in [0, 0.05) is 11.7 Å². The van der Waals surface area contributed by atoms with Crippen LogP contribution in [-0.2, 0) is 16.4 Å². The highest BCUT2D eigenvalue weighted by molar-refractivity contribution is 7.89. The lowest BCUT2D eigenvalue weighted by Gasteiger charge is -2.16. The number of hydrogen-bond acceptors (Lipinski definition) is 3. The fraction of sp³-hybridized carbons (Fsp3) is 0.250. The van der Waals surface area contributed by atoms with Gasteiger partial charge in [-0.1, -0.05) is 36.4 Å². The van der Waals surface area contributed by atoms with Gasteiger partial charge in [-0.3, -0.25) is 0 Å². The fourth-order valence-electron chi connectivity index (χ4n) is 2.24. The van der Waals surface area contributed by atoms with Crippen molar-refractivity contribution in [1.82, 2.24) is 4.72 Å². The maximum Gasteiger partial charge on any atom is 0.241 e. The first-order valence-electron chi connectivity index (χ1n) is 6.81. The molecule has 21 heavy (non-hydrogen) atoms. The lowest BCUT2D eigenvalue weighted by molar-refractivity contribution is 0.559. The molecule has 0 aliphatic heterocycles. The molecule has 0 heterocycles. The lowest BCUT2D eigenvalue weighted by Crippen LogP contribution is -2.34. The zero-order valence-corrected chi connectivity index (χ0v) is 13.0. The summed E-state index contributed by atoms with van der Waals surface area (Å²) in [5.74, 6) is 0. The van der Waals surface area contributed by atoms with E-state index in [1.165, 1.54) is 6.07 Å². The number of rotatable bonds is 5. The monoisotopic (exact) mass is 304 g/mol. The predicted molar refractivity (Wildman–Crippen MR) is 85.5 cm³/mol. The van der Waals surface area contributed by atoms with Crippen LogP contribution < -0.4 is 10.5 Å². The quantitative estimate of drug-likeness (QED) is 0.834. The summed E-state index contributed by atoms with van der Waals surface area (Å²) in [5, 5.41) is 0. The third-order valence-corrected chi connectivity index (χ3v) is 4.97. The molecule has 2 aromatic carbocycles. The highest BCUT2D eigenvalue weighted by atomic mass is 32.2. The fourth-order valence-corrected chi connectivity index (χ4v) is 3.77. The van der Waals surface area contributed by atoms with Crippen LogP contribution in [0.25, 0.3) is 0 Å². The SMILES string of the molecule is Cc1ccc(N)cc1S(=O)(=O)NC(C)Cc1ccccc1. The second-order valence-electron chi connectivity index (χ2n) is 5.24. The minimum atomic E-state index is -3.56. The standard InChI is InChI=1S/C16H20N2O2S/c1-12-8-9-15(17)11-16(12)21(19,20)18-13(2)10-14-6-4-3-5-7-14/h3-9,11,13,18H,10,17H2,1-2H3. The first kappa shape index (κ1) is 15.5. The lowest BCUT2D eigenvalue weighted by atomic mass is 10.1. The Labute approximate surface area is 126 Å². The molecule has 3 N–H and O–H groups in total. The molecule has 0 aliphatic rings. The van der Waals surface area contributed by atoms with Crippen LogP contribution in [-0.4, -0.2) is 14.5 Å². The molecule has 0 amide bonds. The van der Waals surface area contributed by atoms with Gasteiger partial charge in [-0.25, -0.2) is 13.1 Å². The Morgan fingerprint density at radius 1 is 1.14 bits per heavy atom. The van der Waals surface area contributed by atoms with E-state index in [9.17, 15) is 8.42 Å². The van der Waals surface area contributed by atoms with Gasteiger partial charge in [0.1, 0.15) is 0 Å². The molecular formula is C16H20N2O2S. The molecule has 0 aliphatic carbocycles. The van der Waals surface area contributed by atoms with E-state index >= 15 is 0 Å². The molecule has 0 spiro atoms. The zero-order valence-electron chi connectivity index (χ0n) is 12.2. The van der Waals surface area contributed by atoms with Crippen molar-refractivity contribution in [2.24, 2.45) is 0 Å². The van der Waals surface area contributed by atoms with E-state index in [0.717, 1.165) is 5.56 Å². The van der Waals surface area contributed by atoms with Crippen molar-refractivity contribution in [3.8, 4) is 0 Å². The number of aryl methyl sites for hydroxylation is 1. The molecule has 0 saturated heterocycles. The van der Waals surface area contributed by atoms with Gasteiger partial charge in [0.05, 0.1) is 4.90 Å². The van der Waals surface area contributed by atoms with E-state index in [0.29, 0.717) is 17.7 Å². The maximum absolute atomic E-state index is 12.4. The van der Waals surface area contributed by atoms with E-state index in [4.69, 9.17) is 5.73 Å². The summed E-state index contributed by atoms with van der Waals surface area (Å²) in [6.45, 7) is 3.61. The largest absolute Gasteiger partial charge is 0.399 e. The number of anilines is 1. The summed E-state index contributed by atoms with van der Waals surface area (Å²) in [5.41, 5.74) is 7.91. The normalized spacial score (nSPS) is 13.0. The average molecular weight is 304 g/mol. The molecule has 0 radical (unpaired) electrons. The van der Waals surface area contributed by atoms with Crippen molar-refractivity contribution >= 4 is 15.7 Å². The van der Waals surface area contributed by atoms with Crippen molar-refractivity contribution in [2.45, 2.75) is 31.2 Å². The number of nitrogen functional groups attached to an aromatic ring is 1. The van der Waals surface area contributed by atoms with Gasteiger partial charge in [0.15, 0.2) is 0 Å². The molecule has 112 valence electrons. The third kappa shape index (κ3) is 4.06. The van der Waals surface area contributed by atoms with Crippen LogP contribution in [0.15, 0.2) is 53.4 Å². The molecule has 1 unspecified atom stereocenters. The summed E-state index contributed by atoms with van der Waals surface area (Å²) in [6, 6.07) is 14.5. The third-order valence-electron chi connectivity index (χ3n) is 3.24. The summed E-state index contributed by atoms with van der Waals surface area (Å²) in [6.07, 6.45) is 0.640. The molecule has 2 aromatic rings. The topological polar surface area (TPSA) is 72.2 Å². The molecule has 1 atom stereocenters. The summed E-state index contributed by atoms with van der Waals surface area (Å²) < 4.78 is 27.6. The van der Waals surface area contributed by atoms with Crippen molar-refractivity contribution in [3.05, 3.63) is 59.7 Å². The van der Waals surface area contributed by atoms with Crippen LogP contribution in [0.1, 0.15) is 18.1 Å². The number of nitrogens with two attached hydrogens (primary N) is 1. The number of nitrogens with one attached hydrogen (secondary N) is 1. The van der Waals surface area contributed by atoms with Crippen molar-refractivity contribution in [3.63, 3.8) is 0 Å². The Kier molecular flexibility index (Phi) is 4.65. The maximum atomic E-state index is 12.4. The van der Waals surface area contributed by atoms with Crippen molar-refractivity contribution in [2.75, 3.05) is 5.73 Å². The van der Waals surface area contributed by atoms with Gasteiger partial charge < -0.3 is 5.73 Å². The van der Waals surface area contributed by atoms with Crippen molar-refractivity contribution in [1.29, 1.82) is 0 Å². The van der Waals surface area contributed by atoms with E-state index in [2.05, 4.69) is 4.72 Å².